The SMILES string of the molecule is COC(=O)[C@](O)(C(F)(F)F)P(=O)(O)O. The summed E-state index contributed by atoms with van der Waals surface area (Å²) in [5, 5.41) is 3.78. The van der Waals surface area contributed by atoms with Gasteiger partial charge in [0.05, 0.1) is 7.11 Å². The first kappa shape index (κ1) is 13.4. The van der Waals surface area contributed by atoms with Crippen LogP contribution < -0.4 is 0 Å². The third kappa shape index (κ3) is 1.90. The molecule has 0 aliphatic carbocycles. The smallest absolute Gasteiger partial charge is 0.440 e. The molecule has 0 heterocycles. The van der Waals surface area contributed by atoms with Crippen LogP contribution in [0.4, 0.5) is 13.2 Å². The highest BCUT2D eigenvalue weighted by Crippen LogP contribution is 2.57. The third-order valence-corrected chi connectivity index (χ3v) is 2.57. The van der Waals surface area contributed by atoms with Crippen LogP contribution in [0.2, 0.25) is 0 Å². The Hall–Kier alpha value is -0.630. The van der Waals surface area contributed by atoms with Crippen LogP contribution in [0.1, 0.15) is 0 Å². The van der Waals surface area contributed by atoms with E-state index in [1.807, 2.05) is 0 Å². The van der Waals surface area contributed by atoms with Crippen molar-refractivity contribution in [1.29, 1.82) is 0 Å². The molecule has 0 bridgehead atoms. The van der Waals surface area contributed by atoms with Gasteiger partial charge < -0.3 is 19.6 Å². The van der Waals surface area contributed by atoms with Crippen LogP contribution in [0.15, 0.2) is 0 Å². The molecule has 0 aromatic rings. The van der Waals surface area contributed by atoms with E-state index in [0.717, 1.165) is 0 Å². The van der Waals surface area contributed by atoms with E-state index in [-0.39, 0.29) is 0 Å². The lowest BCUT2D eigenvalue weighted by molar-refractivity contribution is -0.237. The number of carbonyl (C=O) groups is 1. The fourth-order valence-electron chi connectivity index (χ4n) is 0.542. The Bertz CT molecular complexity index is 281. The molecule has 0 radical (unpaired) electrons. The molecule has 3 N–H and O–H groups in total. The van der Waals surface area contributed by atoms with Gasteiger partial charge in [0.1, 0.15) is 0 Å². The minimum Gasteiger partial charge on any atom is -0.466 e. The lowest BCUT2D eigenvalue weighted by atomic mass is 10.3. The first-order chi connectivity index (χ1) is 5.98. The first-order valence-electron chi connectivity index (χ1n) is 2.91. The highest BCUT2D eigenvalue weighted by molar-refractivity contribution is 7.54. The van der Waals surface area contributed by atoms with Crippen molar-refractivity contribution in [3.05, 3.63) is 0 Å². The predicted molar refractivity (Wildman–Crippen MR) is 35.1 cm³/mol. The number of carbonyl (C=O) groups excluding carboxylic acids is 1. The van der Waals surface area contributed by atoms with Gasteiger partial charge in [-0.2, -0.15) is 13.2 Å². The van der Waals surface area contributed by atoms with Crippen molar-refractivity contribution in [2.45, 2.75) is 11.5 Å². The number of hydrogen-bond donors (Lipinski definition) is 3. The van der Waals surface area contributed by atoms with E-state index in [2.05, 4.69) is 4.74 Å². The molecule has 10 heteroatoms. The van der Waals surface area contributed by atoms with Crippen LogP contribution in [0, 0.1) is 0 Å². The summed E-state index contributed by atoms with van der Waals surface area (Å²) < 4.78 is 49.8. The maximum atomic E-state index is 12.0. The summed E-state index contributed by atoms with van der Waals surface area (Å²) >= 11 is 0. The molecule has 0 aromatic heterocycles. The van der Waals surface area contributed by atoms with Crippen LogP contribution in [0.5, 0.6) is 0 Å². The lowest BCUT2D eigenvalue weighted by Gasteiger charge is -2.27. The summed E-state index contributed by atoms with van der Waals surface area (Å²) in [5.74, 6) is -2.46. The number of ether oxygens (including phenoxy) is 1. The van der Waals surface area contributed by atoms with E-state index in [1.54, 1.807) is 0 Å². The maximum Gasteiger partial charge on any atom is 0.440 e. The van der Waals surface area contributed by atoms with Crippen molar-refractivity contribution < 1.29 is 42.2 Å². The Labute approximate surface area is 75.5 Å². The predicted octanol–water partition coefficient (Wildman–Crippen LogP) is -0.412. The van der Waals surface area contributed by atoms with Gasteiger partial charge in [0.15, 0.2) is 0 Å². The molecule has 0 aliphatic rings. The summed E-state index contributed by atoms with van der Waals surface area (Å²) in [6.45, 7) is 0. The molecule has 0 saturated heterocycles. The molecule has 84 valence electrons. The summed E-state index contributed by atoms with van der Waals surface area (Å²) in [6.07, 6.45) is -5.82. The van der Waals surface area contributed by atoms with Crippen molar-refractivity contribution >= 4 is 13.6 Å². The quantitative estimate of drug-likeness (QED) is 0.446. The molecule has 0 fully saturated rings. The van der Waals surface area contributed by atoms with Gasteiger partial charge in [0, 0.05) is 0 Å². The molecule has 0 rings (SSSR count). The first-order valence-corrected chi connectivity index (χ1v) is 4.53. The van der Waals surface area contributed by atoms with Crippen LogP contribution in [0.3, 0.4) is 0 Å². The molecule has 6 nitrogen and oxygen atoms in total. The van der Waals surface area contributed by atoms with E-state index < -0.39 is 25.1 Å². The van der Waals surface area contributed by atoms with Gasteiger partial charge in [-0.25, -0.2) is 4.79 Å². The van der Waals surface area contributed by atoms with Crippen molar-refractivity contribution in [1.82, 2.24) is 0 Å². The van der Waals surface area contributed by atoms with Gasteiger partial charge in [-0.05, 0) is 0 Å². The zero-order valence-corrected chi connectivity index (χ0v) is 7.54. The van der Waals surface area contributed by atoms with Crippen LogP contribution in [-0.4, -0.2) is 39.5 Å². The largest absolute Gasteiger partial charge is 0.466 e. The fourth-order valence-corrected chi connectivity index (χ4v) is 1.20. The van der Waals surface area contributed by atoms with Crippen LogP contribution >= 0.6 is 7.60 Å². The van der Waals surface area contributed by atoms with Crippen LogP contribution in [-0.2, 0) is 14.1 Å². The molecular formula is C4H6F3O6P. The molecule has 0 aromatic carbocycles. The zero-order valence-electron chi connectivity index (χ0n) is 6.65. The lowest BCUT2D eigenvalue weighted by Crippen LogP contribution is -2.52. The second-order valence-corrected chi connectivity index (χ2v) is 3.94. The molecule has 0 spiro atoms. The van der Waals surface area contributed by atoms with E-state index >= 15 is 0 Å². The van der Waals surface area contributed by atoms with Gasteiger partial charge in [0.25, 0.3) is 0 Å². The van der Waals surface area contributed by atoms with E-state index in [0.29, 0.717) is 7.11 Å². The van der Waals surface area contributed by atoms with Gasteiger partial charge >= 0.3 is 25.1 Å². The maximum absolute atomic E-state index is 12.0. The second kappa shape index (κ2) is 3.50. The molecule has 14 heavy (non-hydrogen) atoms. The molecule has 0 amide bonds. The Morgan fingerprint density at radius 1 is 1.36 bits per heavy atom. The van der Waals surface area contributed by atoms with E-state index in [1.165, 1.54) is 0 Å². The average molecular weight is 238 g/mol. The monoisotopic (exact) mass is 238 g/mol. The van der Waals surface area contributed by atoms with Crippen molar-refractivity contribution in [2.75, 3.05) is 7.11 Å². The molecule has 0 unspecified atom stereocenters. The number of rotatable bonds is 2. The Kier molecular flexibility index (Phi) is 3.34. The number of hydrogen-bond acceptors (Lipinski definition) is 4. The van der Waals surface area contributed by atoms with E-state index in [9.17, 15) is 22.5 Å². The summed E-state index contributed by atoms with van der Waals surface area (Å²) in [5.41, 5.74) is 0. The molecule has 1 atom stereocenters. The highest BCUT2D eigenvalue weighted by atomic mass is 31.2. The Balaban J connectivity index is 5.53. The van der Waals surface area contributed by atoms with Crippen molar-refractivity contribution in [2.24, 2.45) is 0 Å². The minimum absolute atomic E-state index is 0.453. The Morgan fingerprint density at radius 2 is 1.71 bits per heavy atom. The van der Waals surface area contributed by atoms with Gasteiger partial charge in [-0.3, -0.25) is 4.57 Å². The van der Waals surface area contributed by atoms with Crippen molar-refractivity contribution in [3.63, 3.8) is 0 Å². The summed E-state index contributed by atoms with van der Waals surface area (Å²) in [4.78, 5) is 26.9. The van der Waals surface area contributed by atoms with Crippen molar-refractivity contribution in [3.8, 4) is 0 Å². The topological polar surface area (TPSA) is 104 Å². The van der Waals surface area contributed by atoms with Crippen LogP contribution in [0.25, 0.3) is 0 Å². The van der Waals surface area contributed by atoms with Gasteiger partial charge in [-0.15, -0.1) is 0 Å². The molecule has 0 saturated carbocycles. The molecular weight excluding hydrogens is 232 g/mol. The number of esters is 1. The van der Waals surface area contributed by atoms with Gasteiger partial charge in [-0.1, -0.05) is 0 Å². The summed E-state index contributed by atoms with van der Waals surface area (Å²) in [6, 6.07) is 0. The number of alkyl halides is 3. The van der Waals surface area contributed by atoms with E-state index in [4.69, 9.17) is 14.9 Å². The normalized spacial score (nSPS) is 17.4. The number of methoxy groups -OCH3 is 1. The number of aliphatic hydroxyl groups is 1. The average Bonchev–Trinajstić information content (AvgIpc) is 1.97. The second-order valence-electron chi connectivity index (χ2n) is 2.21. The Morgan fingerprint density at radius 3 is 1.79 bits per heavy atom. The fraction of sp³-hybridized carbons (Fsp3) is 0.750. The number of halogens is 3. The third-order valence-electron chi connectivity index (χ3n) is 1.29. The minimum atomic E-state index is -6.13. The molecule has 0 aliphatic heterocycles. The standard InChI is InChI=1S/C4H6F3O6P/c1-13-2(8)3(9,4(5,6)7)14(10,11)12/h9H,1H3,(H2,10,11,12)/t3-/m1/s1. The zero-order chi connectivity index (χ0) is 11.8. The van der Waals surface area contributed by atoms with Gasteiger partial charge in [0.2, 0.25) is 0 Å². The summed E-state index contributed by atoms with van der Waals surface area (Å²) in [7, 11) is -5.67. The highest BCUT2D eigenvalue weighted by Gasteiger charge is 2.72.